The maximum Gasteiger partial charge on any atom is 0.343 e. The van der Waals surface area contributed by atoms with Crippen LogP contribution in [0.2, 0.25) is 0 Å². The van der Waals surface area contributed by atoms with Crippen LogP contribution in [0.1, 0.15) is 33.1 Å². The van der Waals surface area contributed by atoms with Gasteiger partial charge in [-0.15, -0.1) is 0 Å². The molecule has 0 saturated carbocycles. The van der Waals surface area contributed by atoms with Crippen molar-refractivity contribution in [2.75, 3.05) is 6.61 Å². The molecule has 0 fully saturated rings. The van der Waals surface area contributed by atoms with Crippen LogP contribution >= 0.6 is 0 Å². The molecule has 0 unspecified atom stereocenters. The number of hydrogen-bond donors (Lipinski definition) is 1. The summed E-state index contributed by atoms with van der Waals surface area (Å²) in [6, 6.07) is 0. The van der Waals surface area contributed by atoms with E-state index in [1.165, 1.54) is 0 Å². The molecule has 0 spiro atoms. The van der Waals surface area contributed by atoms with Crippen LogP contribution in [0.4, 0.5) is 0 Å². The molecule has 0 atom stereocenters. The van der Waals surface area contributed by atoms with E-state index < -0.39 is 11.9 Å². The Morgan fingerprint density at radius 1 is 1.36 bits per heavy atom. The fraction of sp³-hybridized carbons (Fsp3) is 0.600. The molecular formula is C10H17NO3. The number of carbonyl (C=O) groups is 2. The Kier molecular flexibility index (Phi) is 6.45. The number of hydrogen-bond acceptors (Lipinski definition) is 3. The van der Waals surface area contributed by atoms with E-state index in [4.69, 9.17) is 5.73 Å². The Morgan fingerprint density at radius 3 is 2.43 bits per heavy atom. The molecule has 0 heterocycles. The van der Waals surface area contributed by atoms with Crippen molar-refractivity contribution in [3.8, 4) is 0 Å². The van der Waals surface area contributed by atoms with Crippen LogP contribution < -0.4 is 5.73 Å². The second-order valence-corrected chi connectivity index (χ2v) is 2.84. The highest BCUT2D eigenvalue weighted by Crippen LogP contribution is 2.03. The zero-order valence-electron chi connectivity index (χ0n) is 8.71. The van der Waals surface area contributed by atoms with Crippen molar-refractivity contribution in [2.24, 2.45) is 5.73 Å². The molecule has 0 aromatic heterocycles. The molecule has 1 amide bonds. The van der Waals surface area contributed by atoms with Gasteiger partial charge in [0.15, 0.2) is 0 Å². The highest BCUT2D eigenvalue weighted by Gasteiger charge is 2.15. The van der Waals surface area contributed by atoms with E-state index in [1.54, 1.807) is 13.0 Å². The van der Waals surface area contributed by atoms with E-state index in [9.17, 15) is 9.59 Å². The first-order valence-corrected chi connectivity index (χ1v) is 4.80. The van der Waals surface area contributed by atoms with Gasteiger partial charge in [-0.3, -0.25) is 4.79 Å². The number of allylic oxidation sites excluding steroid dienone is 1. The number of ether oxygens (including phenoxy) is 1. The monoisotopic (exact) mass is 199 g/mol. The molecule has 0 bridgehead atoms. The summed E-state index contributed by atoms with van der Waals surface area (Å²) in [4.78, 5) is 22.1. The Bertz CT molecular complexity index is 234. The third kappa shape index (κ3) is 4.64. The molecule has 4 nitrogen and oxygen atoms in total. The van der Waals surface area contributed by atoms with Crippen LogP contribution in [0.25, 0.3) is 0 Å². The maximum atomic E-state index is 11.2. The summed E-state index contributed by atoms with van der Waals surface area (Å²) in [5.74, 6) is -1.35. The molecule has 80 valence electrons. The third-order valence-electron chi connectivity index (χ3n) is 1.67. The number of rotatable bonds is 6. The fourth-order valence-electron chi connectivity index (χ4n) is 0.944. The smallest absolute Gasteiger partial charge is 0.343 e. The number of esters is 1. The Hall–Kier alpha value is -1.32. The summed E-state index contributed by atoms with van der Waals surface area (Å²) in [5.41, 5.74) is 5.00. The first-order chi connectivity index (χ1) is 6.63. The minimum Gasteiger partial charge on any atom is -0.462 e. The van der Waals surface area contributed by atoms with Crippen molar-refractivity contribution in [2.45, 2.75) is 33.1 Å². The van der Waals surface area contributed by atoms with Gasteiger partial charge in [-0.1, -0.05) is 25.8 Å². The summed E-state index contributed by atoms with van der Waals surface area (Å²) < 4.78 is 4.69. The molecular weight excluding hydrogens is 182 g/mol. The number of carbonyl (C=O) groups excluding carboxylic acids is 2. The normalized spacial score (nSPS) is 11.1. The van der Waals surface area contributed by atoms with Crippen LogP contribution in [-0.4, -0.2) is 18.5 Å². The lowest BCUT2D eigenvalue weighted by Gasteiger charge is -2.02. The highest BCUT2D eigenvalue weighted by atomic mass is 16.5. The van der Waals surface area contributed by atoms with E-state index in [0.717, 1.165) is 12.8 Å². The van der Waals surface area contributed by atoms with Crippen molar-refractivity contribution in [3.63, 3.8) is 0 Å². The van der Waals surface area contributed by atoms with Crippen molar-refractivity contribution in [1.82, 2.24) is 0 Å². The second kappa shape index (κ2) is 7.12. The Balaban J connectivity index is 4.35. The van der Waals surface area contributed by atoms with Crippen LogP contribution in [0.15, 0.2) is 11.6 Å². The van der Waals surface area contributed by atoms with Crippen molar-refractivity contribution in [3.05, 3.63) is 11.6 Å². The van der Waals surface area contributed by atoms with Gasteiger partial charge in [0.2, 0.25) is 0 Å². The SMILES string of the molecule is CCCC/C=C(\C(N)=O)C(=O)OCC. The topological polar surface area (TPSA) is 69.4 Å². The average Bonchev–Trinajstić information content (AvgIpc) is 2.12. The summed E-state index contributed by atoms with van der Waals surface area (Å²) in [7, 11) is 0. The van der Waals surface area contributed by atoms with Gasteiger partial charge in [-0.2, -0.15) is 0 Å². The zero-order valence-corrected chi connectivity index (χ0v) is 8.71. The van der Waals surface area contributed by atoms with E-state index in [2.05, 4.69) is 4.74 Å². The summed E-state index contributed by atoms with van der Waals surface area (Å²) >= 11 is 0. The number of amides is 1. The molecule has 0 aliphatic heterocycles. The van der Waals surface area contributed by atoms with Crippen molar-refractivity contribution >= 4 is 11.9 Å². The predicted octanol–water partition coefficient (Wildman–Crippen LogP) is 1.15. The first-order valence-electron chi connectivity index (χ1n) is 4.80. The molecule has 4 heteroatoms. The van der Waals surface area contributed by atoms with E-state index in [1.807, 2.05) is 6.92 Å². The first kappa shape index (κ1) is 12.7. The lowest BCUT2D eigenvalue weighted by molar-refractivity contribution is -0.139. The fourth-order valence-corrected chi connectivity index (χ4v) is 0.944. The molecule has 0 aromatic rings. The zero-order chi connectivity index (χ0) is 11.0. The largest absolute Gasteiger partial charge is 0.462 e. The van der Waals surface area contributed by atoms with E-state index >= 15 is 0 Å². The standard InChI is InChI=1S/C10H17NO3/c1-3-5-6-7-8(9(11)12)10(13)14-4-2/h7H,3-6H2,1-2H3,(H2,11,12)/b8-7+. The molecule has 0 rings (SSSR count). The number of unbranched alkanes of at least 4 members (excludes halogenated alkanes) is 2. The van der Waals surface area contributed by atoms with E-state index in [-0.39, 0.29) is 12.2 Å². The van der Waals surface area contributed by atoms with Gasteiger partial charge in [-0.05, 0) is 13.3 Å². The van der Waals surface area contributed by atoms with Crippen molar-refractivity contribution < 1.29 is 14.3 Å². The van der Waals surface area contributed by atoms with Crippen molar-refractivity contribution in [1.29, 1.82) is 0 Å². The van der Waals surface area contributed by atoms with Gasteiger partial charge in [0, 0.05) is 0 Å². The predicted molar refractivity (Wildman–Crippen MR) is 53.4 cm³/mol. The summed E-state index contributed by atoms with van der Waals surface area (Å²) in [5, 5.41) is 0. The minimum atomic E-state index is -0.723. The Labute approximate surface area is 84.1 Å². The van der Waals surface area contributed by atoms with Gasteiger partial charge in [0.25, 0.3) is 5.91 Å². The number of nitrogens with two attached hydrogens (primary N) is 1. The van der Waals surface area contributed by atoms with Crippen LogP contribution in [0.5, 0.6) is 0 Å². The molecule has 0 radical (unpaired) electrons. The van der Waals surface area contributed by atoms with E-state index in [0.29, 0.717) is 6.42 Å². The third-order valence-corrected chi connectivity index (χ3v) is 1.67. The van der Waals surface area contributed by atoms with Gasteiger partial charge >= 0.3 is 5.97 Å². The molecule has 0 aliphatic rings. The molecule has 0 saturated heterocycles. The minimum absolute atomic E-state index is 0.0414. The summed E-state index contributed by atoms with van der Waals surface area (Å²) in [6.07, 6.45) is 4.15. The second-order valence-electron chi connectivity index (χ2n) is 2.84. The molecule has 0 aromatic carbocycles. The quantitative estimate of drug-likeness (QED) is 0.229. The van der Waals surface area contributed by atoms with Gasteiger partial charge in [-0.25, -0.2) is 4.79 Å². The maximum absolute atomic E-state index is 11.2. The van der Waals surface area contributed by atoms with Gasteiger partial charge in [0.1, 0.15) is 5.57 Å². The van der Waals surface area contributed by atoms with Crippen LogP contribution in [-0.2, 0) is 14.3 Å². The van der Waals surface area contributed by atoms with Gasteiger partial charge in [0.05, 0.1) is 6.61 Å². The summed E-state index contributed by atoms with van der Waals surface area (Å²) in [6.45, 7) is 3.96. The number of primary amides is 1. The Morgan fingerprint density at radius 2 is 2.00 bits per heavy atom. The molecule has 0 aliphatic carbocycles. The lowest BCUT2D eigenvalue weighted by atomic mass is 10.1. The molecule has 14 heavy (non-hydrogen) atoms. The average molecular weight is 199 g/mol. The van der Waals surface area contributed by atoms with Crippen LogP contribution in [0.3, 0.4) is 0 Å². The van der Waals surface area contributed by atoms with Crippen LogP contribution in [0, 0.1) is 0 Å². The molecule has 2 N–H and O–H groups in total. The van der Waals surface area contributed by atoms with Gasteiger partial charge < -0.3 is 10.5 Å². The lowest BCUT2D eigenvalue weighted by Crippen LogP contribution is -2.22. The highest BCUT2D eigenvalue weighted by molar-refractivity contribution is 6.15.